The van der Waals surface area contributed by atoms with E-state index < -0.39 is 5.41 Å². The van der Waals surface area contributed by atoms with Crippen LogP contribution in [0, 0.1) is 5.41 Å². The number of carbonyl (C=O) groups excluding carboxylic acids is 1. The van der Waals surface area contributed by atoms with E-state index in [1.54, 1.807) is 0 Å². The Bertz CT molecular complexity index is 970. The Hall–Kier alpha value is -2.16. The fourth-order valence-electron chi connectivity index (χ4n) is 5.43. The van der Waals surface area contributed by atoms with Crippen LogP contribution in [0.1, 0.15) is 83.2 Å². The third-order valence-corrected chi connectivity index (χ3v) is 6.71. The molecule has 0 bridgehead atoms. The maximum atomic E-state index is 13.5. The lowest BCUT2D eigenvalue weighted by molar-refractivity contribution is -0.118. The van der Waals surface area contributed by atoms with Crippen molar-refractivity contribution in [1.82, 2.24) is 10.2 Å². The van der Waals surface area contributed by atoms with Gasteiger partial charge < -0.3 is 0 Å². The molecule has 0 saturated heterocycles. The molecule has 2 aromatic rings. The SMILES string of the molecule is CC[C@@]1(c2cccc(C(C)(C)C)c2)C2=C(Cc3[nH]ncc31)CC(C)(C)CC2=O. The monoisotopic (exact) mass is 376 g/mol. The number of ketones is 1. The summed E-state index contributed by atoms with van der Waals surface area (Å²) in [5.74, 6) is 0.320. The molecule has 0 spiro atoms. The first-order chi connectivity index (χ1) is 13.1. The van der Waals surface area contributed by atoms with Gasteiger partial charge in [-0.3, -0.25) is 9.89 Å². The molecule has 1 aromatic carbocycles. The maximum absolute atomic E-state index is 13.5. The molecule has 28 heavy (non-hydrogen) atoms. The molecule has 148 valence electrons. The molecule has 0 amide bonds. The van der Waals surface area contributed by atoms with E-state index in [1.165, 1.54) is 28.0 Å². The van der Waals surface area contributed by atoms with Gasteiger partial charge >= 0.3 is 0 Å². The lowest BCUT2D eigenvalue weighted by atomic mass is 9.57. The quantitative estimate of drug-likeness (QED) is 0.736. The van der Waals surface area contributed by atoms with Crippen molar-refractivity contribution in [1.29, 1.82) is 0 Å². The Morgan fingerprint density at radius 1 is 1.18 bits per heavy atom. The van der Waals surface area contributed by atoms with Crippen LogP contribution in [0.25, 0.3) is 0 Å². The summed E-state index contributed by atoms with van der Waals surface area (Å²) >= 11 is 0. The Morgan fingerprint density at radius 3 is 2.61 bits per heavy atom. The highest BCUT2D eigenvalue weighted by atomic mass is 16.1. The minimum Gasteiger partial charge on any atom is -0.294 e. The van der Waals surface area contributed by atoms with Gasteiger partial charge in [0.1, 0.15) is 0 Å². The number of H-pyrrole nitrogens is 1. The van der Waals surface area contributed by atoms with E-state index in [0.29, 0.717) is 12.2 Å². The van der Waals surface area contributed by atoms with Gasteiger partial charge in [0.15, 0.2) is 5.78 Å². The van der Waals surface area contributed by atoms with Crippen molar-refractivity contribution >= 4 is 5.78 Å². The van der Waals surface area contributed by atoms with Gasteiger partial charge in [0.05, 0.1) is 11.6 Å². The highest BCUT2D eigenvalue weighted by Gasteiger charge is 2.49. The van der Waals surface area contributed by atoms with Crippen LogP contribution in [0.15, 0.2) is 41.6 Å². The zero-order chi connectivity index (χ0) is 20.3. The summed E-state index contributed by atoms with van der Waals surface area (Å²) in [6, 6.07) is 8.88. The summed E-state index contributed by atoms with van der Waals surface area (Å²) < 4.78 is 0. The van der Waals surface area contributed by atoms with Crippen molar-refractivity contribution in [2.75, 3.05) is 0 Å². The molecule has 1 atom stereocenters. The number of hydrogen-bond donors (Lipinski definition) is 1. The largest absolute Gasteiger partial charge is 0.294 e. The third-order valence-electron chi connectivity index (χ3n) is 6.71. The molecule has 0 unspecified atom stereocenters. The Labute approximate surface area is 168 Å². The van der Waals surface area contributed by atoms with E-state index in [0.717, 1.165) is 24.8 Å². The van der Waals surface area contributed by atoms with Gasteiger partial charge in [-0.05, 0) is 34.8 Å². The fraction of sp³-hybridized carbons (Fsp3) is 0.520. The van der Waals surface area contributed by atoms with E-state index in [9.17, 15) is 4.79 Å². The minimum absolute atomic E-state index is 0.0280. The number of nitrogens with one attached hydrogen (secondary N) is 1. The molecular weight excluding hydrogens is 344 g/mol. The van der Waals surface area contributed by atoms with E-state index in [2.05, 4.69) is 76.0 Å². The molecule has 1 heterocycles. The fourth-order valence-corrected chi connectivity index (χ4v) is 5.43. The van der Waals surface area contributed by atoms with Gasteiger partial charge in [0, 0.05) is 29.7 Å². The average Bonchev–Trinajstić information content (AvgIpc) is 3.06. The van der Waals surface area contributed by atoms with Gasteiger partial charge in [-0.25, -0.2) is 0 Å². The van der Waals surface area contributed by atoms with Crippen molar-refractivity contribution in [3.8, 4) is 0 Å². The molecule has 1 aromatic heterocycles. The van der Waals surface area contributed by atoms with Crippen molar-refractivity contribution in [3.63, 3.8) is 0 Å². The number of allylic oxidation sites excluding steroid dienone is 2. The number of nitrogens with zero attached hydrogens (tertiary/aromatic N) is 1. The third kappa shape index (κ3) is 2.78. The van der Waals surface area contributed by atoms with Crippen LogP contribution in [-0.2, 0) is 22.0 Å². The van der Waals surface area contributed by atoms with E-state index in [-0.39, 0.29) is 10.8 Å². The normalized spacial score (nSPS) is 24.1. The van der Waals surface area contributed by atoms with Gasteiger partial charge in [-0.1, -0.05) is 71.4 Å². The Morgan fingerprint density at radius 2 is 1.93 bits per heavy atom. The van der Waals surface area contributed by atoms with Crippen LogP contribution in [0.4, 0.5) is 0 Å². The molecule has 1 N–H and O–H groups in total. The van der Waals surface area contributed by atoms with E-state index in [4.69, 9.17) is 0 Å². The first-order valence-corrected chi connectivity index (χ1v) is 10.5. The summed E-state index contributed by atoms with van der Waals surface area (Å²) in [4.78, 5) is 13.5. The second kappa shape index (κ2) is 6.17. The van der Waals surface area contributed by atoms with Crippen LogP contribution in [0.3, 0.4) is 0 Å². The smallest absolute Gasteiger partial charge is 0.160 e. The molecule has 3 heteroatoms. The minimum atomic E-state index is -0.398. The van der Waals surface area contributed by atoms with E-state index in [1.807, 2.05) is 6.20 Å². The van der Waals surface area contributed by atoms with Gasteiger partial charge in [-0.15, -0.1) is 0 Å². The highest BCUT2D eigenvalue weighted by Crippen LogP contribution is 2.53. The van der Waals surface area contributed by atoms with Gasteiger partial charge in [0.2, 0.25) is 0 Å². The molecule has 0 aliphatic heterocycles. The molecular formula is C25H32N2O. The highest BCUT2D eigenvalue weighted by molar-refractivity contribution is 6.01. The number of fused-ring (bicyclic) bond motifs is 1. The zero-order valence-corrected chi connectivity index (χ0v) is 18.1. The van der Waals surface area contributed by atoms with Crippen LogP contribution in [0.2, 0.25) is 0 Å². The van der Waals surface area contributed by atoms with Crippen molar-refractivity contribution in [3.05, 3.63) is 64.0 Å². The molecule has 2 aliphatic carbocycles. The molecule has 0 radical (unpaired) electrons. The lowest BCUT2D eigenvalue weighted by Gasteiger charge is -2.45. The molecule has 3 nitrogen and oxygen atoms in total. The second-order valence-electron chi connectivity index (χ2n) is 10.4. The van der Waals surface area contributed by atoms with Crippen LogP contribution < -0.4 is 0 Å². The van der Waals surface area contributed by atoms with Crippen LogP contribution in [0.5, 0.6) is 0 Å². The van der Waals surface area contributed by atoms with Crippen molar-refractivity contribution in [2.45, 2.75) is 78.1 Å². The molecule has 4 rings (SSSR count). The van der Waals surface area contributed by atoms with Crippen molar-refractivity contribution in [2.24, 2.45) is 5.41 Å². The summed E-state index contributed by atoms with van der Waals surface area (Å²) in [7, 11) is 0. The summed E-state index contributed by atoms with van der Waals surface area (Å²) in [6.45, 7) is 13.4. The van der Waals surface area contributed by atoms with Crippen molar-refractivity contribution < 1.29 is 4.79 Å². The summed E-state index contributed by atoms with van der Waals surface area (Å²) in [5.41, 5.74) is 6.94. The number of hydrogen-bond acceptors (Lipinski definition) is 2. The number of aromatic amines is 1. The Balaban J connectivity index is 2.01. The van der Waals surface area contributed by atoms with Crippen LogP contribution in [-0.4, -0.2) is 16.0 Å². The number of Topliss-reactive ketones (excluding diaryl/α,β-unsaturated/α-hetero) is 1. The summed E-state index contributed by atoms with van der Waals surface area (Å²) in [5, 5.41) is 7.64. The average molecular weight is 377 g/mol. The number of benzene rings is 1. The Kier molecular flexibility index (Phi) is 4.22. The number of rotatable bonds is 2. The molecule has 0 fully saturated rings. The lowest BCUT2D eigenvalue weighted by Crippen LogP contribution is -2.42. The maximum Gasteiger partial charge on any atom is 0.160 e. The van der Waals surface area contributed by atoms with Crippen LogP contribution >= 0.6 is 0 Å². The predicted molar refractivity (Wildman–Crippen MR) is 114 cm³/mol. The zero-order valence-electron chi connectivity index (χ0n) is 18.1. The first kappa shape index (κ1) is 19.2. The predicted octanol–water partition coefficient (Wildman–Crippen LogP) is 5.65. The van der Waals surface area contributed by atoms with Gasteiger partial charge in [0.25, 0.3) is 0 Å². The molecule has 2 aliphatic rings. The van der Waals surface area contributed by atoms with Gasteiger partial charge in [-0.2, -0.15) is 5.10 Å². The number of carbonyl (C=O) groups is 1. The summed E-state index contributed by atoms with van der Waals surface area (Å²) in [6.07, 6.45) is 5.24. The van der Waals surface area contributed by atoms with E-state index >= 15 is 0 Å². The topological polar surface area (TPSA) is 45.8 Å². The standard InChI is InChI=1S/C25H32N2O/c1-7-25(18-10-8-9-17(12-18)23(2,3)4)19-15-26-27-20(19)11-16-13-24(5,6)14-21(28)22(16)25/h8-10,12,15H,7,11,13-14H2,1-6H3,(H,26,27)/t25-/m0/s1. The first-order valence-electron chi connectivity index (χ1n) is 10.5. The number of aromatic nitrogens is 2. The second-order valence-corrected chi connectivity index (χ2v) is 10.4. The molecule has 0 saturated carbocycles.